The average molecular weight is 158 g/mol. The summed E-state index contributed by atoms with van der Waals surface area (Å²) in [6, 6.07) is 0.604. The molecule has 66 valence electrons. The van der Waals surface area contributed by atoms with Crippen LogP contribution in [0.2, 0.25) is 0 Å². The van der Waals surface area contributed by atoms with Gasteiger partial charge in [-0.05, 0) is 6.42 Å². The van der Waals surface area contributed by atoms with Crippen molar-refractivity contribution in [1.29, 1.82) is 0 Å². The molecule has 11 heavy (non-hydrogen) atoms. The number of rotatable bonds is 3. The molecule has 1 rings (SSSR count). The van der Waals surface area contributed by atoms with E-state index in [4.69, 9.17) is 10.5 Å². The molecule has 0 aromatic heterocycles. The Kier molecular flexibility index (Phi) is 3.83. The SMILES string of the molecule is CC[C@@H]1COCCN1CCN. The van der Waals surface area contributed by atoms with Crippen LogP contribution in [0.3, 0.4) is 0 Å². The minimum atomic E-state index is 0.604. The fourth-order valence-electron chi connectivity index (χ4n) is 1.53. The second-order valence-corrected chi connectivity index (χ2v) is 2.96. The molecule has 2 N–H and O–H groups in total. The van der Waals surface area contributed by atoms with Gasteiger partial charge >= 0.3 is 0 Å². The highest BCUT2D eigenvalue weighted by Gasteiger charge is 2.19. The van der Waals surface area contributed by atoms with Crippen LogP contribution in [-0.4, -0.2) is 43.8 Å². The van der Waals surface area contributed by atoms with Crippen molar-refractivity contribution >= 4 is 0 Å². The first-order valence-electron chi connectivity index (χ1n) is 4.40. The van der Waals surface area contributed by atoms with Gasteiger partial charge in [-0.25, -0.2) is 0 Å². The molecule has 1 saturated heterocycles. The first-order valence-corrected chi connectivity index (χ1v) is 4.40. The van der Waals surface area contributed by atoms with Crippen molar-refractivity contribution < 1.29 is 4.74 Å². The van der Waals surface area contributed by atoms with Gasteiger partial charge in [0.1, 0.15) is 0 Å². The molecule has 0 amide bonds. The van der Waals surface area contributed by atoms with E-state index in [1.165, 1.54) is 6.42 Å². The molecule has 1 fully saturated rings. The molecule has 0 unspecified atom stereocenters. The van der Waals surface area contributed by atoms with Crippen LogP contribution in [0.15, 0.2) is 0 Å². The molecule has 1 heterocycles. The van der Waals surface area contributed by atoms with E-state index in [0.29, 0.717) is 6.04 Å². The molecule has 1 aliphatic rings. The predicted molar refractivity (Wildman–Crippen MR) is 45.5 cm³/mol. The van der Waals surface area contributed by atoms with Crippen molar-refractivity contribution in [1.82, 2.24) is 4.90 Å². The lowest BCUT2D eigenvalue weighted by atomic mass is 10.2. The topological polar surface area (TPSA) is 38.5 Å². The maximum atomic E-state index is 5.49. The summed E-state index contributed by atoms with van der Waals surface area (Å²) in [5, 5.41) is 0. The molecular weight excluding hydrogens is 140 g/mol. The van der Waals surface area contributed by atoms with Crippen LogP contribution in [-0.2, 0) is 4.74 Å². The number of nitrogens with two attached hydrogens (primary N) is 1. The van der Waals surface area contributed by atoms with Crippen LogP contribution in [0.1, 0.15) is 13.3 Å². The van der Waals surface area contributed by atoms with Gasteiger partial charge in [-0.15, -0.1) is 0 Å². The summed E-state index contributed by atoms with van der Waals surface area (Å²) in [6.45, 7) is 6.78. The van der Waals surface area contributed by atoms with E-state index in [1.54, 1.807) is 0 Å². The monoisotopic (exact) mass is 158 g/mol. The smallest absolute Gasteiger partial charge is 0.0622 e. The summed E-state index contributed by atoms with van der Waals surface area (Å²) in [5.74, 6) is 0. The van der Waals surface area contributed by atoms with Crippen molar-refractivity contribution in [3.8, 4) is 0 Å². The lowest BCUT2D eigenvalue weighted by Crippen LogP contribution is -2.46. The minimum Gasteiger partial charge on any atom is -0.378 e. The van der Waals surface area contributed by atoms with Crippen LogP contribution in [0.25, 0.3) is 0 Å². The average Bonchev–Trinajstić information content (AvgIpc) is 2.06. The molecule has 1 atom stereocenters. The Morgan fingerprint density at radius 1 is 1.64 bits per heavy atom. The molecule has 0 aromatic carbocycles. The summed E-state index contributed by atoms with van der Waals surface area (Å²) in [6.07, 6.45) is 1.17. The Bertz CT molecular complexity index is 106. The number of nitrogens with zero attached hydrogens (tertiary/aromatic N) is 1. The van der Waals surface area contributed by atoms with Gasteiger partial charge in [0, 0.05) is 25.7 Å². The van der Waals surface area contributed by atoms with Gasteiger partial charge in [-0.1, -0.05) is 6.92 Å². The van der Waals surface area contributed by atoms with E-state index >= 15 is 0 Å². The number of morpholine rings is 1. The minimum absolute atomic E-state index is 0.604. The molecule has 3 heteroatoms. The summed E-state index contributed by atoms with van der Waals surface area (Å²) < 4.78 is 5.37. The van der Waals surface area contributed by atoms with Crippen molar-refractivity contribution in [2.75, 3.05) is 32.8 Å². The van der Waals surface area contributed by atoms with E-state index in [1.807, 2.05) is 0 Å². The fourth-order valence-corrected chi connectivity index (χ4v) is 1.53. The van der Waals surface area contributed by atoms with Gasteiger partial charge in [0.05, 0.1) is 13.2 Å². The second-order valence-electron chi connectivity index (χ2n) is 2.96. The summed E-state index contributed by atoms with van der Waals surface area (Å²) >= 11 is 0. The maximum Gasteiger partial charge on any atom is 0.0622 e. The molecular formula is C8H18N2O. The molecule has 0 radical (unpaired) electrons. The molecule has 1 aliphatic heterocycles. The van der Waals surface area contributed by atoms with Gasteiger partial charge in [0.25, 0.3) is 0 Å². The van der Waals surface area contributed by atoms with Crippen LogP contribution in [0, 0.1) is 0 Å². The summed E-state index contributed by atoms with van der Waals surface area (Å²) in [4.78, 5) is 2.42. The van der Waals surface area contributed by atoms with Gasteiger partial charge in [-0.2, -0.15) is 0 Å². The normalized spacial score (nSPS) is 27.3. The van der Waals surface area contributed by atoms with Crippen molar-refractivity contribution in [3.05, 3.63) is 0 Å². The zero-order chi connectivity index (χ0) is 8.10. The summed E-state index contributed by atoms with van der Waals surface area (Å²) in [5.41, 5.74) is 5.49. The van der Waals surface area contributed by atoms with Crippen LogP contribution in [0.5, 0.6) is 0 Å². The molecule has 3 nitrogen and oxygen atoms in total. The van der Waals surface area contributed by atoms with E-state index in [2.05, 4.69) is 11.8 Å². The highest BCUT2D eigenvalue weighted by atomic mass is 16.5. The van der Waals surface area contributed by atoms with Gasteiger partial charge in [-0.3, -0.25) is 4.90 Å². The van der Waals surface area contributed by atoms with Crippen LogP contribution in [0.4, 0.5) is 0 Å². The first-order chi connectivity index (χ1) is 5.38. The molecule has 0 bridgehead atoms. The van der Waals surface area contributed by atoms with E-state index in [9.17, 15) is 0 Å². The molecule has 0 aliphatic carbocycles. The third-order valence-corrected chi connectivity index (χ3v) is 2.24. The Labute approximate surface area is 68.5 Å². The predicted octanol–water partition coefficient (Wildman–Crippen LogP) is 0.0559. The zero-order valence-corrected chi connectivity index (χ0v) is 7.25. The fraction of sp³-hybridized carbons (Fsp3) is 1.00. The number of hydrogen-bond donors (Lipinski definition) is 1. The standard InChI is InChI=1S/C8H18N2O/c1-2-8-7-11-6-5-10(8)4-3-9/h8H,2-7,9H2,1H3/t8-/m1/s1. The highest BCUT2D eigenvalue weighted by Crippen LogP contribution is 2.08. The Hall–Kier alpha value is -0.120. The quantitative estimate of drug-likeness (QED) is 0.631. The van der Waals surface area contributed by atoms with Crippen molar-refractivity contribution in [2.24, 2.45) is 5.73 Å². The third-order valence-electron chi connectivity index (χ3n) is 2.24. The Morgan fingerprint density at radius 3 is 3.09 bits per heavy atom. The van der Waals surface area contributed by atoms with Gasteiger partial charge in [0.2, 0.25) is 0 Å². The van der Waals surface area contributed by atoms with E-state index in [0.717, 1.165) is 32.8 Å². The third kappa shape index (κ3) is 2.43. The zero-order valence-electron chi connectivity index (χ0n) is 7.25. The molecule has 0 aromatic rings. The Morgan fingerprint density at radius 2 is 2.45 bits per heavy atom. The van der Waals surface area contributed by atoms with Crippen LogP contribution < -0.4 is 5.73 Å². The van der Waals surface area contributed by atoms with E-state index < -0.39 is 0 Å². The molecule has 0 saturated carbocycles. The van der Waals surface area contributed by atoms with Crippen molar-refractivity contribution in [3.63, 3.8) is 0 Å². The second kappa shape index (κ2) is 4.70. The molecule has 0 spiro atoms. The van der Waals surface area contributed by atoms with Gasteiger partial charge in [0.15, 0.2) is 0 Å². The maximum absolute atomic E-state index is 5.49. The van der Waals surface area contributed by atoms with Crippen LogP contribution >= 0.6 is 0 Å². The highest BCUT2D eigenvalue weighted by molar-refractivity contribution is 4.73. The van der Waals surface area contributed by atoms with Gasteiger partial charge < -0.3 is 10.5 Å². The largest absolute Gasteiger partial charge is 0.378 e. The lowest BCUT2D eigenvalue weighted by Gasteiger charge is -2.34. The number of ether oxygens (including phenoxy) is 1. The summed E-state index contributed by atoms with van der Waals surface area (Å²) in [7, 11) is 0. The van der Waals surface area contributed by atoms with Crippen molar-refractivity contribution in [2.45, 2.75) is 19.4 Å². The lowest BCUT2D eigenvalue weighted by molar-refractivity contribution is -0.00692. The Balaban J connectivity index is 2.31. The first kappa shape index (κ1) is 8.97. The van der Waals surface area contributed by atoms with E-state index in [-0.39, 0.29) is 0 Å². The number of hydrogen-bond acceptors (Lipinski definition) is 3.